The normalized spacial score (nSPS) is 40.8. The molecule has 0 bridgehead atoms. The number of amides is 2. The summed E-state index contributed by atoms with van der Waals surface area (Å²) in [5, 5.41) is 12.4. The minimum Gasteiger partial charge on any atom is -0.393 e. The molecule has 6 heteroatoms. The van der Waals surface area contributed by atoms with Crippen molar-refractivity contribution in [2.24, 2.45) is 11.8 Å². The van der Waals surface area contributed by atoms with E-state index in [0.717, 1.165) is 32.2 Å². The Hall–Kier alpha value is -1.14. The van der Waals surface area contributed by atoms with E-state index in [-0.39, 0.29) is 36.0 Å². The van der Waals surface area contributed by atoms with Crippen molar-refractivity contribution in [2.45, 2.75) is 62.9 Å². The third-order valence-corrected chi connectivity index (χ3v) is 5.54. The quantitative estimate of drug-likeness (QED) is 0.772. The molecule has 2 saturated heterocycles. The Balaban J connectivity index is 1.31. The van der Waals surface area contributed by atoms with Crippen molar-refractivity contribution in [3.63, 3.8) is 0 Å². The van der Waals surface area contributed by atoms with E-state index in [2.05, 4.69) is 5.32 Å². The second kappa shape index (κ2) is 5.49. The van der Waals surface area contributed by atoms with Crippen molar-refractivity contribution in [2.75, 3.05) is 13.1 Å². The predicted molar refractivity (Wildman–Crippen MR) is 77.9 cm³/mol. The van der Waals surface area contributed by atoms with Crippen LogP contribution in [0.1, 0.15) is 38.5 Å². The molecule has 0 radical (unpaired) electrons. The fourth-order valence-corrected chi connectivity index (χ4v) is 3.87. The molecule has 2 heterocycles. The zero-order chi connectivity index (χ0) is 15.3. The molecule has 4 rings (SSSR count). The number of carbonyl (C=O) groups is 2. The standard InChI is InChI=1S/C16H24N2O4/c19-12-5-10(6-12)16(21)18-4-3-9-7-13(22-14(9)8-18)15(20)17-11-1-2-11/h9-14,19H,1-8H2,(H,17,20)/t9-,10?,12?,13-,14-/m0/s1. The highest BCUT2D eigenvalue weighted by molar-refractivity contribution is 5.82. The maximum Gasteiger partial charge on any atom is 0.249 e. The van der Waals surface area contributed by atoms with E-state index < -0.39 is 0 Å². The van der Waals surface area contributed by atoms with Gasteiger partial charge in [-0.15, -0.1) is 0 Å². The third kappa shape index (κ3) is 2.74. The Morgan fingerprint density at radius 1 is 1.14 bits per heavy atom. The number of rotatable bonds is 3. The number of likely N-dealkylation sites (tertiary alicyclic amines) is 1. The Kier molecular flexibility index (Phi) is 3.61. The van der Waals surface area contributed by atoms with Gasteiger partial charge in [0.15, 0.2) is 0 Å². The monoisotopic (exact) mass is 308 g/mol. The number of fused-ring (bicyclic) bond motifs is 1. The van der Waals surface area contributed by atoms with E-state index in [4.69, 9.17) is 4.74 Å². The van der Waals surface area contributed by atoms with E-state index in [1.54, 1.807) is 0 Å². The van der Waals surface area contributed by atoms with E-state index >= 15 is 0 Å². The number of ether oxygens (including phenoxy) is 1. The van der Waals surface area contributed by atoms with Crippen molar-refractivity contribution in [3.8, 4) is 0 Å². The summed E-state index contributed by atoms with van der Waals surface area (Å²) in [5.41, 5.74) is 0. The maximum atomic E-state index is 12.4. The van der Waals surface area contributed by atoms with Crippen molar-refractivity contribution < 1.29 is 19.4 Å². The van der Waals surface area contributed by atoms with Gasteiger partial charge in [0.05, 0.1) is 12.2 Å². The topological polar surface area (TPSA) is 78.9 Å². The Morgan fingerprint density at radius 3 is 2.59 bits per heavy atom. The molecular formula is C16H24N2O4. The summed E-state index contributed by atoms with van der Waals surface area (Å²) in [6.07, 6.45) is 4.42. The summed E-state index contributed by atoms with van der Waals surface area (Å²) in [4.78, 5) is 26.3. The van der Waals surface area contributed by atoms with Crippen LogP contribution in [0.15, 0.2) is 0 Å². The van der Waals surface area contributed by atoms with Crippen molar-refractivity contribution in [1.29, 1.82) is 0 Å². The summed E-state index contributed by atoms with van der Waals surface area (Å²) >= 11 is 0. The molecule has 2 N–H and O–H groups in total. The van der Waals surface area contributed by atoms with Crippen LogP contribution in [0.5, 0.6) is 0 Å². The summed E-state index contributed by atoms with van der Waals surface area (Å²) in [5.74, 6) is 0.558. The first-order valence-electron chi connectivity index (χ1n) is 8.53. The molecule has 0 aromatic heterocycles. The van der Waals surface area contributed by atoms with E-state index in [1.807, 2.05) is 4.90 Å². The Labute approximate surface area is 130 Å². The molecule has 0 spiro atoms. The van der Waals surface area contributed by atoms with Gasteiger partial charge in [0.25, 0.3) is 0 Å². The van der Waals surface area contributed by atoms with Crippen molar-refractivity contribution in [1.82, 2.24) is 10.2 Å². The smallest absolute Gasteiger partial charge is 0.249 e. The van der Waals surface area contributed by atoms with Gasteiger partial charge in [-0.05, 0) is 44.4 Å². The zero-order valence-electron chi connectivity index (χ0n) is 12.7. The first-order valence-corrected chi connectivity index (χ1v) is 8.53. The van der Waals surface area contributed by atoms with Crippen LogP contribution < -0.4 is 5.32 Å². The first kappa shape index (κ1) is 14.5. The molecule has 0 aromatic rings. The molecular weight excluding hydrogens is 284 g/mol. The Bertz CT molecular complexity index is 473. The Morgan fingerprint density at radius 2 is 1.91 bits per heavy atom. The van der Waals surface area contributed by atoms with Gasteiger partial charge in [-0.1, -0.05) is 0 Å². The fraction of sp³-hybridized carbons (Fsp3) is 0.875. The number of aliphatic hydroxyl groups excluding tert-OH is 1. The maximum absolute atomic E-state index is 12.4. The van der Waals surface area contributed by atoms with E-state index in [9.17, 15) is 14.7 Å². The lowest BCUT2D eigenvalue weighted by atomic mass is 9.80. The van der Waals surface area contributed by atoms with Crippen molar-refractivity contribution >= 4 is 11.8 Å². The van der Waals surface area contributed by atoms with Crippen LogP contribution in [0.2, 0.25) is 0 Å². The first-order chi connectivity index (χ1) is 10.6. The van der Waals surface area contributed by atoms with E-state index in [0.29, 0.717) is 31.3 Å². The molecule has 2 amide bonds. The molecule has 2 saturated carbocycles. The molecule has 3 atom stereocenters. The van der Waals surface area contributed by atoms with Gasteiger partial charge in [-0.25, -0.2) is 0 Å². The van der Waals surface area contributed by atoms with Gasteiger partial charge in [-0.2, -0.15) is 0 Å². The molecule has 2 aliphatic carbocycles. The van der Waals surface area contributed by atoms with Crippen LogP contribution in [0.3, 0.4) is 0 Å². The molecule has 6 nitrogen and oxygen atoms in total. The van der Waals surface area contributed by atoms with Gasteiger partial charge in [0, 0.05) is 25.0 Å². The van der Waals surface area contributed by atoms with Gasteiger partial charge in [0.2, 0.25) is 11.8 Å². The second-order valence-corrected chi connectivity index (χ2v) is 7.34. The largest absolute Gasteiger partial charge is 0.393 e. The molecule has 2 aliphatic heterocycles. The zero-order valence-corrected chi connectivity index (χ0v) is 12.7. The van der Waals surface area contributed by atoms with Gasteiger partial charge >= 0.3 is 0 Å². The lowest BCUT2D eigenvalue weighted by Crippen LogP contribution is -2.50. The highest BCUT2D eigenvalue weighted by Gasteiger charge is 2.45. The summed E-state index contributed by atoms with van der Waals surface area (Å²) in [7, 11) is 0. The fourth-order valence-electron chi connectivity index (χ4n) is 3.87. The van der Waals surface area contributed by atoms with Crippen LogP contribution in [0.25, 0.3) is 0 Å². The lowest BCUT2D eigenvalue weighted by molar-refractivity contribution is -0.147. The van der Waals surface area contributed by atoms with Gasteiger partial charge < -0.3 is 20.1 Å². The number of hydrogen-bond donors (Lipinski definition) is 2. The highest BCUT2D eigenvalue weighted by atomic mass is 16.5. The summed E-state index contributed by atoms with van der Waals surface area (Å²) in [6.45, 7) is 1.36. The number of nitrogens with zero attached hydrogens (tertiary/aromatic N) is 1. The second-order valence-electron chi connectivity index (χ2n) is 7.34. The van der Waals surface area contributed by atoms with Gasteiger partial charge in [0.1, 0.15) is 6.10 Å². The molecule has 4 aliphatic rings. The number of carbonyl (C=O) groups excluding carboxylic acids is 2. The predicted octanol–water partition coefficient (Wildman–Crippen LogP) is 0.0419. The average molecular weight is 308 g/mol. The molecule has 122 valence electrons. The molecule has 0 aromatic carbocycles. The minimum absolute atomic E-state index is 0.00217. The van der Waals surface area contributed by atoms with Crippen LogP contribution in [0, 0.1) is 11.8 Å². The van der Waals surface area contributed by atoms with Crippen LogP contribution in [0.4, 0.5) is 0 Å². The third-order valence-electron chi connectivity index (χ3n) is 5.54. The van der Waals surface area contributed by atoms with Crippen LogP contribution >= 0.6 is 0 Å². The summed E-state index contributed by atoms with van der Waals surface area (Å²) < 4.78 is 5.93. The number of piperidine rings is 1. The SMILES string of the molecule is O=C(NC1CC1)[C@@H]1C[C@@H]2CCN(C(=O)C3CC(O)C3)C[C@@H]2O1. The van der Waals surface area contributed by atoms with Gasteiger partial charge in [-0.3, -0.25) is 9.59 Å². The number of hydrogen-bond acceptors (Lipinski definition) is 4. The lowest BCUT2D eigenvalue weighted by Gasteiger charge is -2.39. The van der Waals surface area contributed by atoms with Crippen LogP contribution in [-0.2, 0) is 14.3 Å². The minimum atomic E-state index is -0.337. The number of aliphatic hydroxyl groups is 1. The summed E-state index contributed by atoms with van der Waals surface area (Å²) in [6, 6.07) is 0.363. The highest BCUT2D eigenvalue weighted by Crippen LogP contribution is 2.36. The average Bonchev–Trinajstić information content (AvgIpc) is 3.17. The molecule has 0 unspecified atom stereocenters. The number of nitrogens with one attached hydrogen (secondary N) is 1. The molecule has 22 heavy (non-hydrogen) atoms. The van der Waals surface area contributed by atoms with Crippen molar-refractivity contribution in [3.05, 3.63) is 0 Å². The van der Waals surface area contributed by atoms with Crippen LogP contribution in [-0.4, -0.2) is 59.3 Å². The van der Waals surface area contributed by atoms with E-state index in [1.165, 1.54) is 0 Å². The molecule has 4 fully saturated rings.